The van der Waals surface area contributed by atoms with Gasteiger partial charge in [0, 0.05) is 11.9 Å². The zero-order chi connectivity index (χ0) is 15.6. The molecule has 114 valence electrons. The van der Waals surface area contributed by atoms with Crippen LogP contribution < -0.4 is 0 Å². The number of ether oxygens (including phenoxy) is 1. The topological polar surface area (TPSA) is 59.4 Å². The minimum Gasteiger partial charge on any atom is -0.481 e. The van der Waals surface area contributed by atoms with Crippen LogP contribution in [0.1, 0.15) is 20.8 Å². The maximum absolute atomic E-state index is 11.6. The van der Waals surface area contributed by atoms with Crippen molar-refractivity contribution in [2.45, 2.75) is 36.0 Å². The van der Waals surface area contributed by atoms with E-state index in [1.165, 1.54) is 11.8 Å². The minimum absolute atomic E-state index is 0.362. The molecule has 0 aliphatic rings. The first-order valence-electron chi connectivity index (χ1n) is 6.65. The van der Waals surface area contributed by atoms with Crippen molar-refractivity contribution in [3.05, 3.63) is 24.3 Å². The number of methoxy groups -OCH3 is 1. The number of rotatable bonds is 6. The summed E-state index contributed by atoms with van der Waals surface area (Å²) in [5.74, 6) is -1.46. The molecule has 0 radical (unpaired) electrons. The van der Waals surface area contributed by atoms with Crippen LogP contribution in [0.2, 0.25) is 0 Å². The summed E-state index contributed by atoms with van der Waals surface area (Å²) in [6.07, 6.45) is -0.362. The number of carboxylic acid groups (broad SMARTS) is 1. The fourth-order valence-electron chi connectivity index (χ4n) is 2.38. The number of hydrogen-bond acceptors (Lipinski definition) is 5. The molecule has 0 spiro atoms. The summed E-state index contributed by atoms with van der Waals surface area (Å²) in [5, 5.41) is 9.52. The Morgan fingerprint density at radius 1 is 1.43 bits per heavy atom. The lowest BCUT2D eigenvalue weighted by atomic mass is 9.90. The van der Waals surface area contributed by atoms with Gasteiger partial charge in [-0.25, -0.2) is 4.98 Å². The molecule has 1 aromatic heterocycles. The van der Waals surface area contributed by atoms with Crippen LogP contribution in [0.15, 0.2) is 28.6 Å². The Morgan fingerprint density at radius 3 is 2.67 bits per heavy atom. The lowest BCUT2D eigenvalue weighted by molar-refractivity contribution is -0.147. The number of thiazole rings is 1. The van der Waals surface area contributed by atoms with E-state index in [0.717, 1.165) is 14.6 Å². The van der Waals surface area contributed by atoms with Crippen molar-refractivity contribution in [1.82, 2.24) is 4.98 Å². The van der Waals surface area contributed by atoms with E-state index in [-0.39, 0.29) is 6.10 Å². The lowest BCUT2D eigenvalue weighted by Gasteiger charge is -2.33. The molecule has 2 aromatic rings. The summed E-state index contributed by atoms with van der Waals surface area (Å²) in [6, 6.07) is 7.92. The molecule has 1 heterocycles. The molecule has 4 nitrogen and oxygen atoms in total. The molecule has 0 bridgehead atoms. The Labute approximate surface area is 132 Å². The third kappa shape index (κ3) is 3.56. The quantitative estimate of drug-likeness (QED) is 0.816. The van der Waals surface area contributed by atoms with Crippen LogP contribution in [0.5, 0.6) is 0 Å². The highest BCUT2D eigenvalue weighted by Crippen LogP contribution is 2.43. The SMILES string of the molecule is COC(C)C(C(=O)O)C(C)(C)Sc1nc2ccccc2s1. The van der Waals surface area contributed by atoms with E-state index in [1.807, 2.05) is 38.1 Å². The Bertz CT molecular complexity index is 606. The molecular formula is C15H19NO3S2. The van der Waals surface area contributed by atoms with Crippen LogP contribution >= 0.6 is 23.1 Å². The van der Waals surface area contributed by atoms with Crippen LogP contribution in [0.4, 0.5) is 0 Å². The fraction of sp³-hybridized carbons (Fsp3) is 0.467. The molecular weight excluding hydrogens is 306 g/mol. The lowest BCUT2D eigenvalue weighted by Crippen LogP contribution is -2.42. The summed E-state index contributed by atoms with van der Waals surface area (Å²) in [5.41, 5.74) is 0.951. The van der Waals surface area contributed by atoms with E-state index in [1.54, 1.807) is 25.4 Å². The van der Waals surface area contributed by atoms with Crippen molar-refractivity contribution in [3.63, 3.8) is 0 Å². The number of aromatic nitrogens is 1. The second kappa shape index (κ2) is 6.34. The zero-order valence-corrected chi connectivity index (χ0v) is 14.1. The van der Waals surface area contributed by atoms with Crippen molar-refractivity contribution in [3.8, 4) is 0 Å². The van der Waals surface area contributed by atoms with Gasteiger partial charge in [0.2, 0.25) is 0 Å². The van der Waals surface area contributed by atoms with Crippen molar-refractivity contribution in [1.29, 1.82) is 0 Å². The number of thioether (sulfide) groups is 1. The maximum Gasteiger partial charge on any atom is 0.310 e. The first kappa shape index (κ1) is 16.3. The highest BCUT2D eigenvalue weighted by molar-refractivity contribution is 8.02. The van der Waals surface area contributed by atoms with Crippen molar-refractivity contribution in [2.24, 2.45) is 5.92 Å². The molecule has 2 atom stereocenters. The number of nitrogens with zero attached hydrogens (tertiary/aromatic N) is 1. The van der Waals surface area contributed by atoms with Gasteiger partial charge < -0.3 is 9.84 Å². The first-order chi connectivity index (χ1) is 9.85. The molecule has 0 fully saturated rings. The largest absolute Gasteiger partial charge is 0.481 e. The second-order valence-corrected chi connectivity index (χ2v) is 8.34. The Morgan fingerprint density at radius 2 is 2.10 bits per heavy atom. The molecule has 2 unspecified atom stereocenters. The number of carboxylic acids is 1. The number of fused-ring (bicyclic) bond motifs is 1. The average molecular weight is 325 g/mol. The number of para-hydroxylation sites is 1. The van der Waals surface area contributed by atoms with Gasteiger partial charge in [-0.1, -0.05) is 23.9 Å². The molecule has 0 aliphatic heterocycles. The molecule has 0 saturated carbocycles. The van der Waals surface area contributed by atoms with Crippen LogP contribution in [0.25, 0.3) is 10.2 Å². The highest BCUT2D eigenvalue weighted by Gasteiger charge is 2.41. The van der Waals surface area contributed by atoms with Gasteiger partial charge in [0.25, 0.3) is 0 Å². The predicted molar refractivity (Wildman–Crippen MR) is 87.2 cm³/mol. The van der Waals surface area contributed by atoms with Gasteiger partial charge in [-0.2, -0.15) is 0 Å². The summed E-state index contributed by atoms with van der Waals surface area (Å²) in [6.45, 7) is 5.65. The van der Waals surface area contributed by atoms with Crippen molar-refractivity contribution in [2.75, 3.05) is 7.11 Å². The molecule has 0 amide bonds. The van der Waals surface area contributed by atoms with Gasteiger partial charge >= 0.3 is 5.97 Å². The standard InChI is InChI=1S/C15H19NO3S2/c1-9(19-4)12(13(17)18)15(2,3)21-14-16-10-7-5-6-8-11(10)20-14/h5-9,12H,1-4H3,(H,17,18). The van der Waals surface area contributed by atoms with Gasteiger partial charge in [0.1, 0.15) is 0 Å². The third-order valence-electron chi connectivity index (χ3n) is 3.48. The molecule has 6 heteroatoms. The van der Waals surface area contributed by atoms with Crippen LogP contribution in [-0.4, -0.2) is 34.0 Å². The normalized spacial score (nSPS) is 15.0. The molecule has 2 rings (SSSR count). The van der Waals surface area contributed by atoms with E-state index >= 15 is 0 Å². The first-order valence-corrected chi connectivity index (χ1v) is 8.28. The monoisotopic (exact) mass is 325 g/mol. The molecule has 1 N–H and O–H groups in total. The van der Waals surface area contributed by atoms with Crippen LogP contribution in [0.3, 0.4) is 0 Å². The fourth-order valence-corrected chi connectivity index (χ4v) is 5.17. The van der Waals surface area contributed by atoms with E-state index in [0.29, 0.717) is 0 Å². The number of benzene rings is 1. The van der Waals surface area contributed by atoms with Crippen molar-refractivity contribution < 1.29 is 14.6 Å². The number of carbonyl (C=O) groups is 1. The highest BCUT2D eigenvalue weighted by atomic mass is 32.2. The summed E-state index contributed by atoms with van der Waals surface area (Å²) < 4.78 is 6.73. The van der Waals surface area contributed by atoms with Gasteiger partial charge in [-0.05, 0) is 32.9 Å². The predicted octanol–water partition coefficient (Wildman–Crippen LogP) is 3.90. The van der Waals surface area contributed by atoms with Gasteiger partial charge in [-0.3, -0.25) is 4.79 Å². The Hall–Kier alpha value is -1.11. The average Bonchev–Trinajstić information content (AvgIpc) is 2.78. The molecule has 0 aliphatic carbocycles. The second-order valence-electron chi connectivity index (χ2n) is 5.41. The molecule has 1 aromatic carbocycles. The van der Waals surface area contributed by atoms with E-state index in [4.69, 9.17) is 4.74 Å². The van der Waals surface area contributed by atoms with E-state index < -0.39 is 16.6 Å². The summed E-state index contributed by atoms with van der Waals surface area (Å²) in [4.78, 5) is 16.2. The van der Waals surface area contributed by atoms with Crippen molar-refractivity contribution >= 4 is 39.3 Å². The van der Waals surface area contributed by atoms with Crippen LogP contribution in [0, 0.1) is 5.92 Å². The van der Waals surface area contributed by atoms with Crippen LogP contribution in [-0.2, 0) is 9.53 Å². The molecule has 0 saturated heterocycles. The summed E-state index contributed by atoms with van der Waals surface area (Å²) in [7, 11) is 1.54. The van der Waals surface area contributed by atoms with E-state index in [2.05, 4.69) is 4.98 Å². The molecule has 21 heavy (non-hydrogen) atoms. The Balaban J connectivity index is 2.27. The number of aliphatic carboxylic acids is 1. The summed E-state index contributed by atoms with van der Waals surface area (Å²) >= 11 is 3.09. The van der Waals surface area contributed by atoms with E-state index in [9.17, 15) is 9.90 Å². The Kier molecular flexibility index (Phi) is 4.91. The van der Waals surface area contributed by atoms with Gasteiger partial charge in [0.05, 0.1) is 22.2 Å². The smallest absolute Gasteiger partial charge is 0.310 e. The number of hydrogen-bond donors (Lipinski definition) is 1. The maximum atomic E-state index is 11.6. The third-order valence-corrected chi connectivity index (χ3v) is 5.86. The minimum atomic E-state index is -0.844. The van der Waals surface area contributed by atoms with Gasteiger partial charge in [-0.15, -0.1) is 11.3 Å². The van der Waals surface area contributed by atoms with Gasteiger partial charge in [0.15, 0.2) is 4.34 Å². The zero-order valence-electron chi connectivity index (χ0n) is 12.5.